The van der Waals surface area contributed by atoms with E-state index in [0.717, 1.165) is 23.3 Å². The largest absolute Gasteiger partial charge is 0.272 e. The Bertz CT molecular complexity index is 252. The molecular weight excluding hydrogens is 226 g/mol. The molecule has 5 heteroatoms. The van der Waals surface area contributed by atoms with Gasteiger partial charge in [-0.05, 0) is 38.2 Å². The van der Waals surface area contributed by atoms with Crippen molar-refractivity contribution in [2.45, 2.75) is 37.0 Å². The molecule has 84 valence electrons. The van der Waals surface area contributed by atoms with Crippen molar-refractivity contribution in [2.24, 2.45) is 4.99 Å². The van der Waals surface area contributed by atoms with Crippen LogP contribution in [0.3, 0.4) is 0 Å². The Balaban J connectivity index is 2.42. The van der Waals surface area contributed by atoms with E-state index < -0.39 is 0 Å². The standard InChI is InChI=1S/C10H17N3S2/c1-14-9-5-3-8(4-6-9)13-10(15-2)12-7-11/h8-9H,3-6H2,1-2H3,(H,12,13). The van der Waals surface area contributed by atoms with Gasteiger partial charge in [0.15, 0.2) is 11.4 Å². The van der Waals surface area contributed by atoms with E-state index in [2.05, 4.69) is 16.6 Å². The SMILES string of the molecule is CSC(=NC1CCC(SC)CC1)NC#N. The molecule has 0 bridgehead atoms. The Kier molecular flexibility index (Phi) is 5.96. The molecule has 0 aromatic heterocycles. The molecule has 1 saturated carbocycles. The van der Waals surface area contributed by atoms with Crippen molar-refractivity contribution in [3.05, 3.63) is 0 Å². The summed E-state index contributed by atoms with van der Waals surface area (Å²) < 4.78 is 0. The fraction of sp³-hybridized carbons (Fsp3) is 0.800. The van der Waals surface area contributed by atoms with Crippen LogP contribution < -0.4 is 5.32 Å². The van der Waals surface area contributed by atoms with Gasteiger partial charge in [-0.2, -0.15) is 17.0 Å². The number of aliphatic imine (C=N–C) groups is 1. The summed E-state index contributed by atoms with van der Waals surface area (Å²) in [5.74, 6) is 0. The third kappa shape index (κ3) is 4.35. The summed E-state index contributed by atoms with van der Waals surface area (Å²) in [7, 11) is 0. The van der Waals surface area contributed by atoms with E-state index in [4.69, 9.17) is 5.26 Å². The minimum atomic E-state index is 0.414. The average molecular weight is 243 g/mol. The first-order valence-corrected chi connectivity index (χ1v) is 7.61. The molecule has 0 atom stereocenters. The molecule has 0 aromatic carbocycles. The Hall–Kier alpha value is -0.340. The molecule has 3 nitrogen and oxygen atoms in total. The number of hydrogen-bond acceptors (Lipinski definition) is 4. The van der Waals surface area contributed by atoms with Gasteiger partial charge < -0.3 is 0 Å². The van der Waals surface area contributed by atoms with Crippen LogP contribution in [0.2, 0.25) is 0 Å². The first kappa shape index (κ1) is 12.7. The highest BCUT2D eigenvalue weighted by Crippen LogP contribution is 2.28. The van der Waals surface area contributed by atoms with Crippen molar-refractivity contribution in [1.82, 2.24) is 5.32 Å². The number of nitrogens with zero attached hydrogens (tertiary/aromatic N) is 2. The van der Waals surface area contributed by atoms with Crippen LogP contribution in [0.25, 0.3) is 0 Å². The molecule has 0 radical (unpaired) electrons. The molecule has 0 amide bonds. The molecule has 1 fully saturated rings. The lowest BCUT2D eigenvalue weighted by Crippen LogP contribution is -2.22. The second-order valence-corrected chi connectivity index (χ2v) is 5.47. The first-order valence-electron chi connectivity index (χ1n) is 5.09. The van der Waals surface area contributed by atoms with Crippen LogP contribution in [0.15, 0.2) is 4.99 Å². The molecule has 0 aromatic rings. The zero-order valence-corrected chi connectivity index (χ0v) is 10.8. The zero-order chi connectivity index (χ0) is 11.1. The fourth-order valence-electron chi connectivity index (χ4n) is 1.76. The first-order chi connectivity index (χ1) is 7.30. The van der Waals surface area contributed by atoms with Gasteiger partial charge in [0.2, 0.25) is 0 Å². The van der Waals surface area contributed by atoms with Gasteiger partial charge in [0, 0.05) is 5.25 Å². The van der Waals surface area contributed by atoms with Crippen LogP contribution in [0.5, 0.6) is 0 Å². The van der Waals surface area contributed by atoms with Crippen molar-refractivity contribution in [1.29, 1.82) is 5.26 Å². The summed E-state index contributed by atoms with van der Waals surface area (Å²) in [6.07, 6.45) is 10.9. The molecule has 0 unspecified atom stereocenters. The van der Waals surface area contributed by atoms with Gasteiger partial charge in [-0.3, -0.25) is 10.3 Å². The van der Waals surface area contributed by atoms with Crippen molar-refractivity contribution >= 4 is 28.7 Å². The van der Waals surface area contributed by atoms with E-state index in [1.807, 2.05) is 24.2 Å². The second kappa shape index (κ2) is 7.02. The monoisotopic (exact) mass is 243 g/mol. The summed E-state index contributed by atoms with van der Waals surface area (Å²) in [5, 5.41) is 12.7. The van der Waals surface area contributed by atoms with Crippen LogP contribution in [-0.2, 0) is 0 Å². The lowest BCUT2D eigenvalue weighted by molar-refractivity contribution is 0.453. The van der Waals surface area contributed by atoms with Crippen LogP contribution in [0, 0.1) is 11.5 Å². The Labute approximate surface area is 100 Å². The summed E-state index contributed by atoms with van der Waals surface area (Å²) in [5.41, 5.74) is 0. The van der Waals surface area contributed by atoms with Gasteiger partial charge in [-0.25, -0.2) is 0 Å². The van der Waals surface area contributed by atoms with E-state index in [0.29, 0.717) is 6.04 Å². The summed E-state index contributed by atoms with van der Waals surface area (Å²) in [4.78, 5) is 4.55. The van der Waals surface area contributed by atoms with E-state index in [-0.39, 0.29) is 0 Å². The maximum atomic E-state index is 8.52. The molecule has 1 aliphatic rings. The van der Waals surface area contributed by atoms with Gasteiger partial charge in [0.25, 0.3) is 0 Å². The summed E-state index contributed by atoms with van der Waals surface area (Å²) in [6, 6.07) is 0.414. The third-order valence-electron chi connectivity index (χ3n) is 2.63. The molecule has 0 aliphatic heterocycles. The molecular formula is C10H17N3S2. The minimum absolute atomic E-state index is 0.414. The smallest absolute Gasteiger partial charge is 0.183 e. The Morgan fingerprint density at radius 2 is 2.00 bits per heavy atom. The van der Waals surface area contributed by atoms with Crippen molar-refractivity contribution in [3.63, 3.8) is 0 Å². The highest BCUT2D eigenvalue weighted by molar-refractivity contribution is 8.13. The fourth-order valence-corrected chi connectivity index (χ4v) is 2.91. The maximum Gasteiger partial charge on any atom is 0.183 e. The van der Waals surface area contributed by atoms with Gasteiger partial charge >= 0.3 is 0 Å². The minimum Gasteiger partial charge on any atom is -0.272 e. The van der Waals surface area contributed by atoms with Crippen molar-refractivity contribution < 1.29 is 0 Å². The van der Waals surface area contributed by atoms with Crippen LogP contribution in [-0.4, -0.2) is 29.0 Å². The van der Waals surface area contributed by atoms with Crippen LogP contribution in [0.4, 0.5) is 0 Å². The number of nitrogens with one attached hydrogen (secondary N) is 1. The van der Waals surface area contributed by atoms with E-state index >= 15 is 0 Å². The topological polar surface area (TPSA) is 48.2 Å². The van der Waals surface area contributed by atoms with Gasteiger partial charge in [-0.15, -0.1) is 0 Å². The molecule has 1 N–H and O–H groups in total. The maximum absolute atomic E-state index is 8.52. The number of amidine groups is 1. The summed E-state index contributed by atoms with van der Waals surface area (Å²) >= 11 is 3.47. The third-order valence-corrected chi connectivity index (χ3v) is 4.37. The van der Waals surface area contributed by atoms with Gasteiger partial charge in [0.1, 0.15) is 0 Å². The number of nitriles is 1. The highest BCUT2D eigenvalue weighted by Gasteiger charge is 2.20. The van der Waals surface area contributed by atoms with E-state index in [1.54, 1.807) is 0 Å². The van der Waals surface area contributed by atoms with E-state index in [1.165, 1.54) is 24.6 Å². The lowest BCUT2D eigenvalue weighted by atomic mass is 9.95. The predicted molar refractivity (Wildman–Crippen MR) is 69.3 cm³/mol. The number of hydrogen-bond donors (Lipinski definition) is 1. The highest BCUT2D eigenvalue weighted by atomic mass is 32.2. The molecule has 1 rings (SSSR count). The van der Waals surface area contributed by atoms with Crippen LogP contribution >= 0.6 is 23.5 Å². The second-order valence-electron chi connectivity index (χ2n) is 3.54. The molecule has 0 saturated heterocycles. The van der Waals surface area contributed by atoms with E-state index in [9.17, 15) is 0 Å². The molecule has 15 heavy (non-hydrogen) atoms. The van der Waals surface area contributed by atoms with Gasteiger partial charge in [0.05, 0.1) is 6.04 Å². The lowest BCUT2D eigenvalue weighted by Gasteiger charge is -2.25. The number of thioether (sulfide) groups is 2. The summed E-state index contributed by atoms with van der Waals surface area (Å²) in [6.45, 7) is 0. The molecule has 0 spiro atoms. The Morgan fingerprint density at radius 1 is 1.33 bits per heavy atom. The Morgan fingerprint density at radius 3 is 2.47 bits per heavy atom. The normalized spacial score (nSPS) is 27.1. The number of rotatable bonds is 2. The van der Waals surface area contributed by atoms with Crippen molar-refractivity contribution in [3.8, 4) is 6.19 Å². The van der Waals surface area contributed by atoms with Crippen LogP contribution in [0.1, 0.15) is 25.7 Å². The quantitative estimate of drug-likeness (QED) is 0.350. The van der Waals surface area contributed by atoms with Gasteiger partial charge in [-0.1, -0.05) is 11.8 Å². The average Bonchev–Trinajstić information content (AvgIpc) is 2.29. The van der Waals surface area contributed by atoms with Crippen molar-refractivity contribution in [2.75, 3.05) is 12.5 Å². The molecule has 0 heterocycles. The predicted octanol–water partition coefficient (Wildman–Crippen LogP) is 2.45. The molecule has 1 aliphatic carbocycles. The zero-order valence-electron chi connectivity index (χ0n) is 9.19.